The zero-order chi connectivity index (χ0) is 19.6. The third-order valence-corrected chi connectivity index (χ3v) is 4.24. The van der Waals surface area contributed by atoms with Crippen molar-refractivity contribution in [1.29, 1.82) is 0 Å². The second-order valence-electron chi connectivity index (χ2n) is 5.77. The van der Waals surface area contributed by atoms with Crippen LogP contribution in [0.5, 0.6) is 17.2 Å². The van der Waals surface area contributed by atoms with Gasteiger partial charge in [-0.1, -0.05) is 12.1 Å². The van der Waals surface area contributed by atoms with Gasteiger partial charge < -0.3 is 19.2 Å². The Morgan fingerprint density at radius 3 is 1.70 bits per heavy atom. The molecule has 142 valence electrons. The Kier molecular flexibility index (Phi) is 5.03. The van der Waals surface area contributed by atoms with Crippen molar-refractivity contribution in [2.75, 3.05) is 21.3 Å². The van der Waals surface area contributed by atoms with E-state index >= 15 is 0 Å². The molecular weight excluding hydrogens is 359 g/mol. The van der Waals surface area contributed by atoms with Gasteiger partial charge in [-0.25, -0.2) is 0 Å². The van der Waals surface area contributed by atoms with Crippen LogP contribution in [0.3, 0.4) is 0 Å². The first-order chi connectivity index (χ1) is 12.9. The molecule has 0 bridgehead atoms. The van der Waals surface area contributed by atoms with Crippen LogP contribution in [0.15, 0.2) is 48.8 Å². The largest absolute Gasteiger partial charge is 0.493 e. The van der Waals surface area contributed by atoms with Gasteiger partial charge in [0.1, 0.15) is 0 Å². The molecule has 0 radical (unpaired) electrons. The van der Waals surface area contributed by atoms with E-state index in [4.69, 9.17) is 14.2 Å². The number of H-pyrrole nitrogens is 1. The summed E-state index contributed by atoms with van der Waals surface area (Å²) >= 11 is 0. The molecule has 1 N–H and O–H groups in total. The minimum absolute atomic E-state index is 0.468. The van der Waals surface area contributed by atoms with Crippen molar-refractivity contribution in [3.63, 3.8) is 0 Å². The number of rotatable bonds is 5. The second-order valence-corrected chi connectivity index (χ2v) is 5.77. The van der Waals surface area contributed by atoms with Crippen LogP contribution < -0.4 is 14.2 Å². The van der Waals surface area contributed by atoms with Crippen molar-refractivity contribution < 1.29 is 27.4 Å². The predicted molar refractivity (Wildman–Crippen MR) is 96.3 cm³/mol. The third-order valence-electron chi connectivity index (χ3n) is 4.24. The average Bonchev–Trinajstić information content (AvgIpc) is 3.16. The lowest BCUT2D eigenvalue weighted by Gasteiger charge is -2.14. The predicted octanol–water partition coefficient (Wildman–Crippen LogP) is 5.39. The van der Waals surface area contributed by atoms with Crippen LogP contribution in [0.1, 0.15) is 5.56 Å². The summed E-state index contributed by atoms with van der Waals surface area (Å²) in [6.07, 6.45) is -0.856. The highest BCUT2D eigenvalue weighted by Crippen LogP contribution is 2.43. The standard InChI is InChI=1S/C20H18F3NO3/c1-25-17-8-13(9-18(26-2)19(17)27-3)16-11-24-10-15(16)12-4-6-14(7-5-12)20(21,22)23/h4-11,24H,1-3H3. The summed E-state index contributed by atoms with van der Waals surface area (Å²) in [5.41, 5.74) is 2.32. The number of aromatic amines is 1. The average molecular weight is 377 g/mol. The van der Waals surface area contributed by atoms with Crippen molar-refractivity contribution in [2.24, 2.45) is 0 Å². The third kappa shape index (κ3) is 3.58. The molecular formula is C20H18F3NO3. The van der Waals surface area contributed by atoms with E-state index < -0.39 is 11.7 Å². The molecule has 0 unspecified atom stereocenters. The zero-order valence-electron chi connectivity index (χ0n) is 15.0. The van der Waals surface area contributed by atoms with Gasteiger partial charge in [-0.3, -0.25) is 0 Å². The van der Waals surface area contributed by atoms with Gasteiger partial charge in [0.2, 0.25) is 5.75 Å². The van der Waals surface area contributed by atoms with Gasteiger partial charge in [0.25, 0.3) is 0 Å². The molecule has 0 saturated heterocycles. The van der Waals surface area contributed by atoms with Crippen molar-refractivity contribution >= 4 is 0 Å². The maximum Gasteiger partial charge on any atom is 0.416 e. The van der Waals surface area contributed by atoms with Crippen molar-refractivity contribution in [2.45, 2.75) is 6.18 Å². The fourth-order valence-corrected chi connectivity index (χ4v) is 2.92. The fourth-order valence-electron chi connectivity index (χ4n) is 2.92. The Labute approximate surface area is 154 Å². The Hall–Kier alpha value is -3.09. The summed E-state index contributed by atoms with van der Waals surface area (Å²) in [6.45, 7) is 0. The van der Waals surface area contributed by atoms with Crippen molar-refractivity contribution in [3.8, 4) is 39.5 Å². The van der Waals surface area contributed by atoms with Gasteiger partial charge in [0.05, 0.1) is 26.9 Å². The SMILES string of the molecule is COc1cc(-c2c[nH]cc2-c2ccc(C(F)(F)F)cc2)cc(OC)c1OC. The quantitative estimate of drug-likeness (QED) is 0.648. The summed E-state index contributed by atoms with van der Waals surface area (Å²) in [6, 6.07) is 8.62. The summed E-state index contributed by atoms with van der Waals surface area (Å²) in [7, 11) is 4.56. The van der Waals surface area contributed by atoms with Crippen LogP contribution in [0.4, 0.5) is 13.2 Å². The number of nitrogens with one attached hydrogen (secondary N) is 1. The second kappa shape index (κ2) is 7.26. The highest BCUT2D eigenvalue weighted by atomic mass is 19.4. The number of methoxy groups -OCH3 is 3. The maximum absolute atomic E-state index is 12.8. The molecule has 0 amide bonds. The molecule has 0 aliphatic carbocycles. The first-order valence-corrected chi connectivity index (χ1v) is 8.03. The Balaban J connectivity index is 2.08. The van der Waals surface area contributed by atoms with Gasteiger partial charge in [-0.15, -0.1) is 0 Å². The van der Waals surface area contributed by atoms with E-state index in [1.807, 2.05) is 0 Å². The first-order valence-electron chi connectivity index (χ1n) is 8.03. The van der Waals surface area contributed by atoms with E-state index in [0.29, 0.717) is 22.8 Å². The van der Waals surface area contributed by atoms with E-state index in [1.165, 1.54) is 33.5 Å². The van der Waals surface area contributed by atoms with E-state index in [9.17, 15) is 13.2 Å². The summed E-state index contributed by atoms with van der Waals surface area (Å²) in [4.78, 5) is 3.01. The smallest absolute Gasteiger partial charge is 0.416 e. The molecule has 0 saturated carbocycles. The van der Waals surface area contributed by atoms with Crippen LogP contribution in [0.2, 0.25) is 0 Å². The molecule has 3 aromatic rings. The summed E-state index contributed by atoms with van der Waals surface area (Å²) in [5, 5.41) is 0. The molecule has 1 aromatic heterocycles. The molecule has 7 heteroatoms. The van der Waals surface area contributed by atoms with Gasteiger partial charge >= 0.3 is 6.18 Å². The molecule has 1 heterocycles. The van der Waals surface area contributed by atoms with E-state index in [-0.39, 0.29) is 0 Å². The van der Waals surface area contributed by atoms with Crippen LogP contribution in [0, 0.1) is 0 Å². The number of ether oxygens (including phenoxy) is 3. The Bertz CT molecular complexity index is 905. The van der Waals surface area contributed by atoms with Crippen LogP contribution in [0.25, 0.3) is 22.3 Å². The van der Waals surface area contributed by atoms with Crippen LogP contribution in [-0.4, -0.2) is 26.3 Å². The van der Waals surface area contributed by atoms with Crippen LogP contribution >= 0.6 is 0 Å². The van der Waals surface area contributed by atoms with E-state index in [1.54, 1.807) is 24.5 Å². The van der Waals surface area contributed by atoms with Crippen molar-refractivity contribution in [1.82, 2.24) is 4.98 Å². The number of halogens is 3. The molecule has 0 spiro atoms. The molecule has 2 aromatic carbocycles. The lowest BCUT2D eigenvalue weighted by Crippen LogP contribution is -2.03. The number of hydrogen-bond acceptors (Lipinski definition) is 3. The Morgan fingerprint density at radius 1 is 0.741 bits per heavy atom. The summed E-state index contributed by atoms with van der Waals surface area (Å²) < 4.78 is 54.5. The molecule has 0 fully saturated rings. The molecule has 27 heavy (non-hydrogen) atoms. The molecule has 0 aliphatic rings. The summed E-state index contributed by atoms with van der Waals surface area (Å²) in [5.74, 6) is 1.45. The molecule has 4 nitrogen and oxygen atoms in total. The normalized spacial score (nSPS) is 11.3. The van der Waals surface area contributed by atoms with E-state index in [2.05, 4.69) is 4.98 Å². The molecule has 3 rings (SSSR count). The number of benzene rings is 2. The first kappa shape index (κ1) is 18.7. The van der Waals surface area contributed by atoms with Gasteiger partial charge in [0.15, 0.2) is 11.5 Å². The van der Waals surface area contributed by atoms with Gasteiger partial charge in [-0.05, 0) is 35.4 Å². The van der Waals surface area contributed by atoms with E-state index in [0.717, 1.165) is 28.8 Å². The number of aromatic nitrogens is 1. The van der Waals surface area contributed by atoms with Gasteiger partial charge in [0, 0.05) is 23.5 Å². The maximum atomic E-state index is 12.8. The monoisotopic (exact) mass is 377 g/mol. The molecule has 0 atom stereocenters. The van der Waals surface area contributed by atoms with Crippen molar-refractivity contribution in [3.05, 3.63) is 54.4 Å². The lowest BCUT2D eigenvalue weighted by molar-refractivity contribution is -0.137. The zero-order valence-corrected chi connectivity index (χ0v) is 15.0. The number of alkyl halides is 3. The van der Waals surface area contributed by atoms with Crippen LogP contribution in [-0.2, 0) is 6.18 Å². The highest BCUT2D eigenvalue weighted by molar-refractivity contribution is 5.85. The fraction of sp³-hybridized carbons (Fsp3) is 0.200. The molecule has 0 aliphatic heterocycles. The highest BCUT2D eigenvalue weighted by Gasteiger charge is 2.30. The number of hydrogen-bond donors (Lipinski definition) is 1. The topological polar surface area (TPSA) is 43.5 Å². The Morgan fingerprint density at radius 2 is 1.26 bits per heavy atom. The minimum atomic E-state index is -4.36. The minimum Gasteiger partial charge on any atom is -0.493 e. The lowest BCUT2D eigenvalue weighted by atomic mass is 9.97. The van der Waals surface area contributed by atoms with Gasteiger partial charge in [-0.2, -0.15) is 13.2 Å².